The summed E-state index contributed by atoms with van der Waals surface area (Å²) in [4.78, 5) is 22.1. The van der Waals surface area contributed by atoms with Gasteiger partial charge in [0.2, 0.25) is 0 Å². The first-order chi connectivity index (χ1) is 19.1. The van der Waals surface area contributed by atoms with Gasteiger partial charge in [0, 0.05) is 29.6 Å². The first-order valence-corrected chi connectivity index (χ1v) is 12.3. The van der Waals surface area contributed by atoms with Crippen LogP contribution in [0.25, 0.3) is 10.9 Å². The maximum absolute atomic E-state index is 13.9. The third-order valence-electron chi connectivity index (χ3n) is 6.08. The second kappa shape index (κ2) is 12.2. The summed E-state index contributed by atoms with van der Waals surface area (Å²) >= 11 is 0. The van der Waals surface area contributed by atoms with Crippen molar-refractivity contribution in [2.45, 2.75) is 19.3 Å². The van der Waals surface area contributed by atoms with Crippen molar-refractivity contribution in [2.75, 3.05) is 21.1 Å². The molecule has 0 radical (unpaired) electrons. The quantitative estimate of drug-likeness (QED) is 0.109. The third-order valence-corrected chi connectivity index (χ3v) is 6.08. The molecule has 0 atom stereocenters. The van der Waals surface area contributed by atoms with Crippen molar-refractivity contribution < 1.29 is 32.3 Å². The fourth-order valence-electron chi connectivity index (χ4n) is 3.95. The molecule has 0 aliphatic rings. The summed E-state index contributed by atoms with van der Waals surface area (Å²) in [6.45, 7) is 0.767. The van der Waals surface area contributed by atoms with Gasteiger partial charge in [-0.05, 0) is 53.6 Å². The van der Waals surface area contributed by atoms with Crippen LogP contribution in [0.1, 0.15) is 27.2 Å². The highest BCUT2D eigenvalue weighted by Gasteiger charge is 2.38. The zero-order chi connectivity index (χ0) is 30.5. The van der Waals surface area contributed by atoms with E-state index in [1.54, 1.807) is 18.2 Å². The van der Waals surface area contributed by atoms with Crippen molar-refractivity contribution in [2.24, 2.45) is 5.73 Å². The number of hydrogen-bond donors (Lipinski definition) is 4. The monoisotopic (exact) mass is 572 g/mol. The van der Waals surface area contributed by atoms with Crippen molar-refractivity contribution in [1.29, 1.82) is 5.41 Å². The second-order valence-electron chi connectivity index (χ2n) is 10.1. The minimum atomic E-state index is -5.08. The highest BCUT2D eigenvalue weighted by Crippen LogP contribution is 2.23. The molecule has 1 aromatic heterocycles. The van der Waals surface area contributed by atoms with Crippen LogP contribution in [0.4, 0.5) is 23.2 Å². The van der Waals surface area contributed by atoms with E-state index in [9.17, 15) is 22.4 Å². The molecule has 8 nitrogen and oxygen atoms in total. The molecule has 3 aromatic carbocycles. The number of quaternary nitrogens is 1. The molecule has 0 unspecified atom stereocenters. The first-order valence-electron chi connectivity index (χ1n) is 12.3. The van der Waals surface area contributed by atoms with E-state index in [1.165, 1.54) is 17.8 Å². The molecule has 0 bridgehead atoms. The summed E-state index contributed by atoms with van der Waals surface area (Å²) in [7, 11) is 6.31. The van der Waals surface area contributed by atoms with Gasteiger partial charge in [-0.25, -0.2) is 9.18 Å². The van der Waals surface area contributed by atoms with Crippen molar-refractivity contribution in [3.63, 3.8) is 0 Å². The number of nitrogens with two attached hydrogens (primary N) is 1. The number of nitrogens with one attached hydrogen (secondary N) is 2. The van der Waals surface area contributed by atoms with Gasteiger partial charge >= 0.3 is 12.1 Å². The molecular weight excluding hydrogens is 542 g/mol. The van der Waals surface area contributed by atoms with Crippen molar-refractivity contribution in [1.82, 2.24) is 14.4 Å². The normalized spacial score (nSPS) is 11.5. The third kappa shape index (κ3) is 8.15. The molecular formula is C29H30F4N5O3+. The van der Waals surface area contributed by atoms with Crippen LogP contribution in [-0.2, 0) is 17.9 Å². The summed E-state index contributed by atoms with van der Waals surface area (Å²) in [6, 6.07) is 21.7. The van der Waals surface area contributed by atoms with Gasteiger partial charge in [0.05, 0.1) is 21.1 Å². The van der Waals surface area contributed by atoms with Gasteiger partial charge in [0.15, 0.2) is 0 Å². The van der Waals surface area contributed by atoms with E-state index in [0.717, 1.165) is 16.6 Å². The number of halogens is 4. The number of carbonyl (C=O) groups excluding carboxylic acids is 1. The predicted molar refractivity (Wildman–Crippen MR) is 149 cm³/mol. The zero-order valence-corrected chi connectivity index (χ0v) is 22.6. The Morgan fingerprint density at radius 2 is 1.61 bits per heavy atom. The number of aromatic nitrogens is 1. The van der Waals surface area contributed by atoms with Crippen LogP contribution in [0.5, 0.6) is 0 Å². The van der Waals surface area contributed by atoms with Crippen LogP contribution < -0.4 is 15.5 Å². The number of nitrogen functional groups attached to an aromatic ring is 1. The summed E-state index contributed by atoms with van der Waals surface area (Å²) in [5.41, 5.74) is 10.5. The van der Waals surface area contributed by atoms with E-state index in [1.807, 2.05) is 34.9 Å². The molecule has 0 aliphatic carbocycles. The minimum absolute atomic E-state index is 0.0180. The van der Waals surface area contributed by atoms with Crippen LogP contribution in [0, 0.1) is 11.2 Å². The second-order valence-corrected chi connectivity index (χ2v) is 10.1. The topological polar surface area (TPSA) is 121 Å². The Hall–Kier alpha value is -4.71. The summed E-state index contributed by atoms with van der Waals surface area (Å²) in [5, 5.41) is 18.5. The average molecular weight is 573 g/mol. The van der Waals surface area contributed by atoms with Gasteiger partial charge in [-0.2, -0.15) is 13.2 Å². The molecule has 0 saturated heterocycles. The minimum Gasteiger partial charge on any atom is -0.475 e. The number of carboxylic acids is 1. The van der Waals surface area contributed by atoms with Crippen LogP contribution in [-0.4, -0.2) is 54.7 Å². The number of carbonyl (C=O) groups is 2. The Morgan fingerprint density at radius 1 is 0.976 bits per heavy atom. The largest absolute Gasteiger partial charge is 0.490 e. The van der Waals surface area contributed by atoms with Gasteiger partial charge in [-0.15, -0.1) is 0 Å². The molecule has 216 valence electrons. The first kappa shape index (κ1) is 30.8. The van der Waals surface area contributed by atoms with Gasteiger partial charge in [0.25, 0.3) is 5.91 Å². The van der Waals surface area contributed by atoms with Gasteiger partial charge in [0.1, 0.15) is 23.0 Å². The molecule has 4 aromatic rings. The van der Waals surface area contributed by atoms with E-state index in [2.05, 4.69) is 38.6 Å². The molecule has 5 N–H and O–H groups in total. The fraction of sp³-hybridized carbons (Fsp3) is 0.207. The number of hydrogen-bond acceptors (Lipinski definition) is 3. The Labute approximate surface area is 233 Å². The standard InChI is InChI=1S/C27H28FN5O.C2HF3O2/c1-33(2,3)23-10-7-18(8-11-23)16-31-27(34)25-15-21-14-22(28)9-12-24(21)32(25)17-19-5-4-6-20(13-19)26(29)30;3-2(4,5)1(6)7/h4-15H,16-17H2,1-3H3,(H3-,29,30,31,34);(H,6,7)/p+1. The maximum atomic E-state index is 13.9. The number of nitrogens with zero attached hydrogens (tertiary/aromatic N) is 2. The SMILES string of the molecule is C[N+](C)(C)c1ccc(CNC(=O)c2cc3cc(F)ccc3n2Cc2cccc(C(=N)N)c2)cc1.O=C(O)C(F)(F)F. The number of carboxylic acid groups (broad SMARTS) is 1. The number of rotatable bonds is 7. The van der Waals surface area contributed by atoms with Crippen molar-refractivity contribution in [3.05, 3.63) is 101 Å². The van der Waals surface area contributed by atoms with Gasteiger partial charge < -0.3 is 20.7 Å². The summed E-state index contributed by atoms with van der Waals surface area (Å²) in [5.74, 6) is -3.37. The van der Waals surface area contributed by atoms with Gasteiger partial charge in [-0.1, -0.05) is 30.3 Å². The highest BCUT2D eigenvalue weighted by atomic mass is 19.4. The van der Waals surface area contributed by atoms with Crippen LogP contribution >= 0.6 is 0 Å². The van der Waals surface area contributed by atoms with Crippen LogP contribution in [0.15, 0.2) is 72.8 Å². The predicted octanol–water partition coefficient (Wildman–Crippen LogP) is 4.87. The number of amides is 1. The van der Waals surface area contributed by atoms with Gasteiger partial charge in [-0.3, -0.25) is 14.7 Å². The van der Waals surface area contributed by atoms with E-state index >= 15 is 0 Å². The molecule has 1 amide bonds. The molecule has 0 aliphatic heterocycles. The molecule has 41 heavy (non-hydrogen) atoms. The highest BCUT2D eigenvalue weighted by molar-refractivity contribution is 5.99. The van der Waals surface area contributed by atoms with E-state index in [0.29, 0.717) is 34.2 Å². The lowest BCUT2D eigenvalue weighted by atomic mass is 10.1. The van der Waals surface area contributed by atoms with E-state index in [-0.39, 0.29) is 17.6 Å². The zero-order valence-electron chi connectivity index (χ0n) is 22.6. The lowest BCUT2D eigenvalue weighted by molar-refractivity contribution is -0.192. The number of fused-ring (bicyclic) bond motifs is 1. The van der Waals surface area contributed by atoms with E-state index in [4.69, 9.17) is 21.0 Å². The summed E-state index contributed by atoms with van der Waals surface area (Å²) < 4.78 is 48.2. The molecule has 0 spiro atoms. The fourth-order valence-corrected chi connectivity index (χ4v) is 3.95. The maximum Gasteiger partial charge on any atom is 0.490 e. The number of aliphatic carboxylic acids is 1. The Morgan fingerprint density at radius 3 is 2.17 bits per heavy atom. The Balaban J connectivity index is 0.000000587. The van der Waals surface area contributed by atoms with Crippen molar-refractivity contribution >= 4 is 34.3 Å². The lowest BCUT2D eigenvalue weighted by Gasteiger charge is -2.23. The molecule has 4 rings (SSSR count). The molecule has 0 saturated carbocycles. The number of amidine groups is 1. The molecule has 12 heteroatoms. The lowest BCUT2D eigenvalue weighted by Crippen LogP contribution is -2.34. The number of benzene rings is 3. The summed E-state index contributed by atoms with van der Waals surface area (Å²) in [6.07, 6.45) is -5.08. The smallest absolute Gasteiger partial charge is 0.475 e. The Bertz CT molecular complexity index is 1570. The average Bonchev–Trinajstić information content (AvgIpc) is 3.24. The van der Waals surface area contributed by atoms with Crippen LogP contribution in [0.3, 0.4) is 0 Å². The Kier molecular flexibility index (Phi) is 9.18. The van der Waals surface area contributed by atoms with Crippen molar-refractivity contribution in [3.8, 4) is 0 Å². The molecule has 1 heterocycles. The van der Waals surface area contributed by atoms with E-state index < -0.39 is 12.1 Å². The molecule has 0 fully saturated rings. The van der Waals surface area contributed by atoms with Crippen LogP contribution in [0.2, 0.25) is 0 Å². The number of alkyl halides is 3.